The molecule has 0 aliphatic heterocycles. The van der Waals surface area contributed by atoms with Crippen LogP contribution < -0.4 is 0 Å². The van der Waals surface area contributed by atoms with Crippen LogP contribution in [0, 0.1) is 5.82 Å². The van der Waals surface area contributed by atoms with Crippen LogP contribution in [0.2, 0.25) is 0 Å². The Balaban J connectivity index is 2.83. The average Bonchev–Trinajstić information content (AvgIpc) is 2.46. The Morgan fingerprint density at radius 1 is 1.33 bits per heavy atom. The molecule has 1 unspecified atom stereocenters. The van der Waals surface area contributed by atoms with Crippen molar-refractivity contribution in [2.75, 3.05) is 27.3 Å². The number of nitrogens with zero attached hydrogens (tertiary/aromatic N) is 1. The van der Waals surface area contributed by atoms with E-state index in [4.69, 9.17) is 4.74 Å². The third-order valence-corrected chi connectivity index (χ3v) is 5.24. The van der Waals surface area contributed by atoms with Gasteiger partial charge in [-0.25, -0.2) is 12.8 Å². The van der Waals surface area contributed by atoms with Gasteiger partial charge in [0.1, 0.15) is 11.1 Å². The largest absolute Gasteiger partial charge is 0.385 e. The molecule has 0 heterocycles. The van der Waals surface area contributed by atoms with Gasteiger partial charge in [-0.3, -0.25) is 4.79 Å². The van der Waals surface area contributed by atoms with E-state index < -0.39 is 26.8 Å². The fraction of sp³-hybridized carbons (Fsp3) is 0.500. The summed E-state index contributed by atoms with van der Waals surface area (Å²) in [5.41, 5.74) is 0. The summed E-state index contributed by atoms with van der Waals surface area (Å²) in [4.78, 5) is 13.5. The molecule has 1 aromatic rings. The van der Waals surface area contributed by atoms with Gasteiger partial charge in [-0.05, 0) is 37.6 Å². The van der Waals surface area contributed by atoms with E-state index in [1.807, 2.05) is 0 Å². The van der Waals surface area contributed by atoms with Gasteiger partial charge in [0.05, 0.1) is 4.90 Å². The Kier molecular flexibility index (Phi) is 6.29. The molecule has 0 spiro atoms. The molecule has 1 atom stereocenters. The maximum absolute atomic E-state index is 12.9. The van der Waals surface area contributed by atoms with E-state index >= 15 is 0 Å². The maximum Gasteiger partial charge on any atom is 0.240 e. The van der Waals surface area contributed by atoms with Crippen molar-refractivity contribution in [3.05, 3.63) is 30.1 Å². The number of rotatable bonds is 7. The molecule has 0 fully saturated rings. The van der Waals surface area contributed by atoms with Gasteiger partial charge in [0.25, 0.3) is 0 Å². The van der Waals surface area contributed by atoms with Crippen LogP contribution in [0.3, 0.4) is 0 Å². The topological polar surface area (TPSA) is 63.7 Å². The van der Waals surface area contributed by atoms with E-state index in [1.165, 1.54) is 24.0 Å². The zero-order valence-electron chi connectivity index (χ0n) is 12.4. The molecule has 5 nitrogen and oxygen atoms in total. The van der Waals surface area contributed by atoms with Crippen LogP contribution in [0.5, 0.6) is 0 Å². The Bertz CT molecular complexity index is 571. The average molecular weight is 317 g/mol. The van der Waals surface area contributed by atoms with E-state index in [0.717, 1.165) is 12.1 Å². The summed E-state index contributed by atoms with van der Waals surface area (Å²) in [6.07, 6.45) is 0.627. The number of hydrogen-bond acceptors (Lipinski definition) is 4. The van der Waals surface area contributed by atoms with Gasteiger partial charge in [0.2, 0.25) is 5.91 Å². The van der Waals surface area contributed by atoms with Gasteiger partial charge in [-0.1, -0.05) is 0 Å². The second kappa shape index (κ2) is 7.51. The van der Waals surface area contributed by atoms with E-state index in [2.05, 4.69) is 0 Å². The van der Waals surface area contributed by atoms with Crippen LogP contribution in [0.15, 0.2) is 29.2 Å². The minimum atomic E-state index is -3.82. The molecular formula is C14H20FNO4S. The van der Waals surface area contributed by atoms with Crippen molar-refractivity contribution in [2.45, 2.75) is 23.5 Å². The molecule has 21 heavy (non-hydrogen) atoms. The van der Waals surface area contributed by atoms with Crippen molar-refractivity contribution in [3.8, 4) is 0 Å². The number of benzene rings is 1. The quantitative estimate of drug-likeness (QED) is 0.564. The molecule has 1 amide bonds. The molecule has 0 aliphatic carbocycles. The number of halogens is 1. The van der Waals surface area contributed by atoms with Crippen LogP contribution >= 0.6 is 0 Å². The number of carbonyl (C=O) groups is 1. The summed E-state index contributed by atoms with van der Waals surface area (Å²) in [6.45, 7) is 2.25. The number of sulfone groups is 1. The van der Waals surface area contributed by atoms with Crippen molar-refractivity contribution in [1.29, 1.82) is 0 Å². The van der Waals surface area contributed by atoms with Gasteiger partial charge >= 0.3 is 0 Å². The smallest absolute Gasteiger partial charge is 0.240 e. The van der Waals surface area contributed by atoms with Gasteiger partial charge in [0, 0.05) is 27.3 Å². The molecule has 0 saturated heterocycles. The molecular weight excluding hydrogens is 297 g/mol. The first-order chi connectivity index (χ1) is 9.80. The predicted octanol–water partition coefficient (Wildman–Crippen LogP) is 1.48. The highest BCUT2D eigenvalue weighted by atomic mass is 32.2. The highest BCUT2D eigenvalue weighted by Crippen LogP contribution is 2.18. The lowest BCUT2D eigenvalue weighted by Crippen LogP contribution is -2.40. The SMILES string of the molecule is COCCCN(C)C(=O)C(C)S(=O)(=O)c1ccc(F)cc1. The minimum absolute atomic E-state index is 0.0601. The van der Waals surface area contributed by atoms with E-state index in [9.17, 15) is 17.6 Å². The van der Waals surface area contributed by atoms with Crippen LogP contribution in [0.4, 0.5) is 4.39 Å². The summed E-state index contributed by atoms with van der Waals surface area (Å²) in [5, 5.41) is -1.21. The molecule has 118 valence electrons. The molecule has 0 aliphatic rings. The van der Waals surface area contributed by atoms with E-state index in [0.29, 0.717) is 19.6 Å². The lowest BCUT2D eigenvalue weighted by atomic mass is 10.3. The Labute approximate surface area is 124 Å². The third kappa shape index (κ3) is 4.50. The summed E-state index contributed by atoms with van der Waals surface area (Å²) < 4.78 is 42.4. The van der Waals surface area contributed by atoms with E-state index in [1.54, 1.807) is 14.2 Å². The zero-order chi connectivity index (χ0) is 16.0. The van der Waals surface area contributed by atoms with Crippen molar-refractivity contribution >= 4 is 15.7 Å². The first-order valence-electron chi connectivity index (χ1n) is 6.54. The zero-order valence-corrected chi connectivity index (χ0v) is 13.2. The maximum atomic E-state index is 12.9. The molecule has 7 heteroatoms. The molecule has 1 aromatic carbocycles. The van der Waals surface area contributed by atoms with Crippen molar-refractivity contribution in [2.24, 2.45) is 0 Å². The lowest BCUT2D eigenvalue weighted by Gasteiger charge is -2.21. The minimum Gasteiger partial charge on any atom is -0.385 e. The molecule has 0 bridgehead atoms. The third-order valence-electron chi connectivity index (χ3n) is 3.17. The highest BCUT2D eigenvalue weighted by molar-refractivity contribution is 7.92. The van der Waals surface area contributed by atoms with Crippen molar-refractivity contribution in [3.63, 3.8) is 0 Å². The molecule has 0 aromatic heterocycles. The Morgan fingerprint density at radius 3 is 2.43 bits per heavy atom. The highest BCUT2D eigenvalue weighted by Gasteiger charge is 2.31. The monoisotopic (exact) mass is 317 g/mol. The Morgan fingerprint density at radius 2 is 1.90 bits per heavy atom. The van der Waals surface area contributed by atoms with Crippen LogP contribution in [0.1, 0.15) is 13.3 Å². The summed E-state index contributed by atoms with van der Waals surface area (Å²) >= 11 is 0. The van der Waals surface area contributed by atoms with Crippen LogP contribution in [-0.4, -0.2) is 51.8 Å². The molecule has 0 radical (unpaired) electrons. The summed E-state index contributed by atoms with van der Waals surface area (Å²) in [7, 11) is -0.710. The van der Waals surface area contributed by atoms with Gasteiger partial charge in [0.15, 0.2) is 9.84 Å². The lowest BCUT2D eigenvalue weighted by molar-refractivity contribution is -0.129. The first-order valence-corrected chi connectivity index (χ1v) is 8.08. The number of amides is 1. The van der Waals surface area contributed by atoms with Crippen LogP contribution in [-0.2, 0) is 19.4 Å². The summed E-state index contributed by atoms with van der Waals surface area (Å²) in [5.74, 6) is -1.01. The molecule has 0 saturated carbocycles. The normalized spacial score (nSPS) is 13.0. The predicted molar refractivity (Wildman–Crippen MR) is 77.2 cm³/mol. The first kappa shape index (κ1) is 17.6. The fourth-order valence-electron chi connectivity index (χ4n) is 1.83. The van der Waals surface area contributed by atoms with Crippen molar-refractivity contribution in [1.82, 2.24) is 4.90 Å². The number of carbonyl (C=O) groups excluding carboxylic acids is 1. The number of ether oxygens (including phenoxy) is 1. The number of hydrogen-bond donors (Lipinski definition) is 0. The molecule has 1 rings (SSSR count). The van der Waals surface area contributed by atoms with Gasteiger partial charge in [-0.2, -0.15) is 0 Å². The Hall–Kier alpha value is -1.47. The van der Waals surface area contributed by atoms with Crippen LogP contribution in [0.25, 0.3) is 0 Å². The fourth-order valence-corrected chi connectivity index (χ4v) is 3.20. The van der Waals surface area contributed by atoms with Gasteiger partial charge in [-0.15, -0.1) is 0 Å². The van der Waals surface area contributed by atoms with Gasteiger partial charge < -0.3 is 9.64 Å². The molecule has 0 N–H and O–H groups in total. The second-order valence-corrected chi connectivity index (χ2v) is 7.02. The number of methoxy groups -OCH3 is 1. The summed E-state index contributed by atoms with van der Waals surface area (Å²) in [6, 6.07) is 4.46. The second-order valence-electron chi connectivity index (χ2n) is 4.75. The van der Waals surface area contributed by atoms with Crippen molar-refractivity contribution < 1.29 is 22.3 Å². The van der Waals surface area contributed by atoms with E-state index in [-0.39, 0.29) is 4.90 Å². The standard InChI is InChI=1S/C14H20FNO4S/c1-11(14(17)16(2)9-4-10-20-3)21(18,19)13-7-5-12(15)6-8-13/h5-8,11H,4,9-10H2,1-3H3.